The van der Waals surface area contributed by atoms with E-state index in [0.717, 1.165) is 103 Å². The average molecular weight is 1450 g/mol. The molecular weight excluding hydrogens is 1320 g/mol. The Balaban J connectivity index is 1.69. The summed E-state index contributed by atoms with van der Waals surface area (Å²) in [6, 6.07) is -13.0. The molecule has 5 rings (SSSR count). The summed E-state index contributed by atoms with van der Waals surface area (Å²) in [5, 5.41) is 25.8. The van der Waals surface area contributed by atoms with Crippen LogP contribution in [0.3, 0.4) is 0 Å². The van der Waals surface area contributed by atoms with Gasteiger partial charge in [-0.25, -0.2) is 0 Å². The standard InChI is InChI=1S/C77H134N12O14/c1-18-37-89-46-64(92)83(13)58(40-48(2)3)67(93)80-57(47-103-77(10,11)12)72(98)87(17)62(44-55-35-27-21-28-36-55)74(100)85(15)60(42-53-31-23-19-24-32-53)68(94)79-56(73(99)88-38-29-22-30-39-88)45-63(91)78-51(8)71(97)84(14)61(43-54-33-25-20-26-34-54)70(96)81-65(50(6)7)75(101)86(16)59(41-49(4)5)69(95)82-66(52(9)90)76(89)102/h48-62,65-66,90H,18-47H2,1-17H3,(H,78,91)(H,79,94)(H,80,93)(H,81,96)(H,82,95)/t51-,52-,56+,57+,58+,59+,60+,61+,62+,65+,66+/m1/s1. The van der Waals surface area contributed by atoms with Crippen LogP contribution in [-0.2, 0) is 62.3 Å². The summed E-state index contributed by atoms with van der Waals surface area (Å²) < 4.78 is 6.29. The number of nitrogens with zero attached hydrogens (tertiary/aromatic N) is 7. The Hall–Kier alpha value is -6.44. The van der Waals surface area contributed by atoms with E-state index in [1.54, 1.807) is 53.5 Å². The molecule has 0 aromatic rings. The van der Waals surface area contributed by atoms with E-state index >= 15 is 28.8 Å². The quantitative estimate of drug-likeness (QED) is 0.0963. The lowest BCUT2D eigenvalue weighted by Crippen LogP contribution is -2.62. The number of likely N-dealkylation sites (N-methyl/N-ethyl adjacent to an activating group) is 5. The summed E-state index contributed by atoms with van der Waals surface area (Å²) in [5.41, 5.74) is -0.828. The third-order valence-corrected chi connectivity index (χ3v) is 22.0. The number of amides is 12. The van der Waals surface area contributed by atoms with Crippen molar-refractivity contribution >= 4 is 70.9 Å². The van der Waals surface area contributed by atoms with E-state index < -0.39 is 162 Å². The minimum absolute atomic E-state index is 0.00583. The van der Waals surface area contributed by atoms with Crippen LogP contribution < -0.4 is 26.6 Å². The number of ether oxygens (including phenoxy) is 1. The van der Waals surface area contributed by atoms with Crippen molar-refractivity contribution in [2.75, 3.05) is 68.0 Å². The van der Waals surface area contributed by atoms with E-state index in [9.17, 15) is 33.9 Å². The van der Waals surface area contributed by atoms with Crippen LogP contribution in [-0.4, -0.2) is 250 Å². The first-order valence-corrected chi connectivity index (χ1v) is 39.2. The lowest BCUT2D eigenvalue weighted by Gasteiger charge is -2.39. The zero-order valence-electron chi connectivity index (χ0n) is 65.9. The number of aliphatic hydroxyl groups excluding tert-OH is 1. The number of hydrogen-bond acceptors (Lipinski definition) is 14. The summed E-state index contributed by atoms with van der Waals surface area (Å²) >= 11 is 0. The van der Waals surface area contributed by atoms with Gasteiger partial charge < -0.3 is 70.7 Å². The van der Waals surface area contributed by atoms with Gasteiger partial charge in [0.25, 0.3) is 0 Å². The number of piperidine rings is 1. The largest absolute Gasteiger partial charge is 0.391 e. The van der Waals surface area contributed by atoms with Gasteiger partial charge in [-0.1, -0.05) is 145 Å². The summed E-state index contributed by atoms with van der Waals surface area (Å²) in [7, 11) is 7.39. The second kappa shape index (κ2) is 41.5. The Bertz CT molecular complexity index is 2820. The van der Waals surface area contributed by atoms with E-state index in [1.807, 2.05) is 27.7 Å². The van der Waals surface area contributed by atoms with Crippen molar-refractivity contribution in [2.45, 2.75) is 316 Å². The number of carbonyl (C=O) groups is 12. The highest BCUT2D eigenvalue weighted by atomic mass is 16.5. The monoisotopic (exact) mass is 1450 g/mol. The molecule has 0 aromatic carbocycles. The highest BCUT2D eigenvalue weighted by Gasteiger charge is 2.45. The number of rotatable bonds is 17. The normalized spacial score (nSPS) is 28.0. The minimum Gasteiger partial charge on any atom is -0.391 e. The van der Waals surface area contributed by atoms with Crippen molar-refractivity contribution in [3.63, 3.8) is 0 Å². The SMILES string of the molecule is CCCN1CC(=O)N(C)[C@@H](CC(C)C)C(=O)N[C@@H](COC(C)(C)C)C(=O)N(C)[C@@H](CC2CCCCC2)C(=O)N(C)[C@@H](CC2CCCCC2)C(=O)N[C@H](C(=O)N2CCCCC2)CC(=O)N[C@H](C)C(=O)N(C)[C@@H](CC2CCCCC2)C(=O)N[C@@H](C(C)C)C(=O)N(C)[C@@H](CC(C)C)C(=O)N[C@@H]([C@@H](C)O)C1=O. The first kappa shape index (κ1) is 87.2. The summed E-state index contributed by atoms with van der Waals surface area (Å²) in [6.45, 7) is 20.8. The second-order valence-corrected chi connectivity index (χ2v) is 33.0. The molecule has 0 spiro atoms. The average Bonchev–Trinajstić information content (AvgIpc) is 0.810. The van der Waals surface area contributed by atoms with E-state index in [2.05, 4.69) is 26.6 Å². The van der Waals surface area contributed by atoms with Crippen LogP contribution in [0.4, 0.5) is 0 Å². The third kappa shape index (κ3) is 26.2. The summed E-state index contributed by atoms with van der Waals surface area (Å²) in [5.74, 6) is -8.92. The number of aliphatic hydroxyl groups is 1. The second-order valence-electron chi connectivity index (χ2n) is 33.0. The molecule has 2 saturated heterocycles. The van der Waals surface area contributed by atoms with Crippen LogP contribution in [0, 0.1) is 35.5 Å². The van der Waals surface area contributed by atoms with Crippen LogP contribution in [0.2, 0.25) is 0 Å². The maximum atomic E-state index is 15.9. The Morgan fingerprint density at radius 1 is 0.495 bits per heavy atom. The van der Waals surface area contributed by atoms with Crippen molar-refractivity contribution in [3.05, 3.63) is 0 Å². The smallest absolute Gasteiger partial charge is 0.248 e. The van der Waals surface area contributed by atoms with Gasteiger partial charge in [-0.05, 0) is 128 Å². The number of likely N-dealkylation sites (tertiary alicyclic amines) is 1. The molecule has 103 heavy (non-hydrogen) atoms. The fraction of sp³-hybridized carbons (Fsp3) is 0.844. The molecule has 12 amide bonds. The van der Waals surface area contributed by atoms with Gasteiger partial charge in [-0.15, -0.1) is 0 Å². The molecule has 26 heteroatoms. The number of carbonyl (C=O) groups excluding carboxylic acids is 12. The lowest BCUT2D eigenvalue weighted by atomic mass is 9.83. The van der Waals surface area contributed by atoms with Crippen molar-refractivity contribution < 1.29 is 67.4 Å². The molecule has 3 saturated carbocycles. The van der Waals surface area contributed by atoms with Crippen molar-refractivity contribution in [1.82, 2.24) is 60.9 Å². The molecule has 0 unspecified atom stereocenters. The first-order chi connectivity index (χ1) is 48.5. The first-order valence-electron chi connectivity index (χ1n) is 39.2. The zero-order chi connectivity index (χ0) is 76.7. The number of hydrogen-bond donors (Lipinski definition) is 6. The molecule has 5 fully saturated rings. The van der Waals surface area contributed by atoms with Crippen LogP contribution in [0.5, 0.6) is 0 Å². The molecule has 11 atom stereocenters. The van der Waals surface area contributed by atoms with Crippen molar-refractivity contribution in [3.8, 4) is 0 Å². The molecule has 2 aliphatic heterocycles. The van der Waals surface area contributed by atoms with Gasteiger partial charge in [0.05, 0.1) is 31.3 Å². The molecule has 5 aliphatic rings. The topological polar surface area (TPSA) is 317 Å². The van der Waals surface area contributed by atoms with Gasteiger partial charge >= 0.3 is 0 Å². The van der Waals surface area contributed by atoms with E-state index in [-0.39, 0.29) is 74.8 Å². The Labute approximate surface area is 615 Å². The molecule has 586 valence electrons. The Morgan fingerprint density at radius 2 is 0.913 bits per heavy atom. The predicted octanol–water partition coefficient (Wildman–Crippen LogP) is 6.08. The van der Waals surface area contributed by atoms with Gasteiger partial charge in [-0.2, -0.15) is 0 Å². The van der Waals surface area contributed by atoms with Crippen LogP contribution >= 0.6 is 0 Å². The molecule has 26 nitrogen and oxygen atoms in total. The molecular formula is C77H134N12O14. The summed E-state index contributed by atoms with van der Waals surface area (Å²) in [4.78, 5) is 191. The Morgan fingerprint density at radius 3 is 1.38 bits per heavy atom. The number of nitrogens with one attached hydrogen (secondary N) is 5. The van der Waals surface area contributed by atoms with Crippen LogP contribution in [0.15, 0.2) is 0 Å². The van der Waals surface area contributed by atoms with Crippen LogP contribution in [0.1, 0.15) is 244 Å². The van der Waals surface area contributed by atoms with Crippen molar-refractivity contribution in [1.29, 1.82) is 0 Å². The zero-order valence-corrected chi connectivity index (χ0v) is 65.9. The van der Waals surface area contributed by atoms with Crippen molar-refractivity contribution in [2.24, 2.45) is 35.5 Å². The highest BCUT2D eigenvalue weighted by Crippen LogP contribution is 2.34. The van der Waals surface area contributed by atoms with Crippen LogP contribution in [0.25, 0.3) is 0 Å². The molecule has 6 N–H and O–H groups in total. The predicted molar refractivity (Wildman–Crippen MR) is 395 cm³/mol. The fourth-order valence-electron chi connectivity index (χ4n) is 15.6. The third-order valence-electron chi connectivity index (χ3n) is 22.0. The maximum absolute atomic E-state index is 15.9. The molecule has 0 bridgehead atoms. The van der Waals surface area contributed by atoms with E-state index in [4.69, 9.17) is 4.74 Å². The summed E-state index contributed by atoms with van der Waals surface area (Å²) in [6.07, 6.45) is 14.7. The molecule has 3 aliphatic carbocycles. The van der Waals surface area contributed by atoms with Gasteiger partial charge in [0.2, 0.25) is 70.9 Å². The Kier molecular flexibility index (Phi) is 35.1. The maximum Gasteiger partial charge on any atom is 0.248 e. The minimum atomic E-state index is -1.63. The van der Waals surface area contributed by atoms with E-state index in [0.29, 0.717) is 32.4 Å². The molecule has 0 radical (unpaired) electrons. The fourth-order valence-corrected chi connectivity index (χ4v) is 15.6. The molecule has 2 heterocycles. The van der Waals surface area contributed by atoms with Gasteiger partial charge in [0, 0.05) is 54.9 Å². The van der Waals surface area contributed by atoms with E-state index in [1.165, 1.54) is 71.4 Å². The van der Waals surface area contributed by atoms with Gasteiger partial charge in [0.1, 0.15) is 60.4 Å². The van der Waals surface area contributed by atoms with Gasteiger partial charge in [-0.3, -0.25) is 57.5 Å². The highest BCUT2D eigenvalue weighted by molar-refractivity contribution is 6.00. The van der Waals surface area contributed by atoms with Gasteiger partial charge in [0.15, 0.2) is 0 Å². The molecule has 0 aromatic heterocycles. The lowest BCUT2D eigenvalue weighted by molar-refractivity contribution is -0.152.